The van der Waals surface area contributed by atoms with Crippen LogP contribution in [0.4, 0.5) is 0 Å². The lowest BCUT2D eigenvalue weighted by atomic mass is 9.97. The van der Waals surface area contributed by atoms with Crippen molar-refractivity contribution in [1.29, 1.82) is 0 Å². The second kappa shape index (κ2) is 5.16. The van der Waals surface area contributed by atoms with Crippen molar-refractivity contribution >= 4 is 22.1 Å². The summed E-state index contributed by atoms with van der Waals surface area (Å²) in [5, 5.41) is 14.9. The van der Waals surface area contributed by atoms with Gasteiger partial charge in [0, 0.05) is 11.3 Å². The number of fused-ring (bicyclic) bond motifs is 1. The molecule has 0 aliphatic heterocycles. The van der Waals surface area contributed by atoms with E-state index in [-0.39, 0.29) is 0 Å². The Bertz CT molecular complexity index is 694. The number of aliphatic hydroxyl groups is 1. The number of rotatable bonds is 3. The van der Waals surface area contributed by atoms with Crippen LogP contribution in [0.3, 0.4) is 0 Å². The first-order valence-electron chi connectivity index (χ1n) is 6.44. The Morgan fingerprint density at radius 1 is 1.05 bits per heavy atom. The SMILES string of the molecule is Cc1sccc1C(O)Cc1cccc2ccccc12. The predicted molar refractivity (Wildman–Crippen MR) is 81.7 cm³/mol. The van der Waals surface area contributed by atoms with E-state index < -0.39 is 6.10 Å². The first-order chi connectivity index (χ1) is 9.25. The molecular formula is C17H16OS. The molecule has 19 heavy (non-hydrogen) atoms. The number of benzene rings is 2. The molecule has 0 spiro atoms. The first kappa shape index (κ1) is 12.4. The highest BCUT2D eigenvalue weighted by Crippen LogP contribution is 2.28. The number of thiophene rings is 1. The lowest BCUT2D eigenvalue weighted by Gasteiger charge is -2.12. The zero-order valence-electron chi connectivity index (χ0n) is 10.8. The van der Waals surface area contributed by atoms with E-state index >= 15 is 0 Å². The molecule has 0 radical (unpaired) electrons. The fourth-order valence-electron chi connectivity index (χ4n) is 2.53. The predicted octanol–water partition coefficient (Wildman–Crippen LogP) is 4.49. The standard InChI is InChI=1S/C17H16OS/c1-12-15(9-10-19-12)17(18)11-14-7-4-6-13-5-2-3-8-16(13)14/h2-10,17-18H,11H2,1H3. The summed E-state index contributed by atoms with van der Waals surface area (Å²) in [6, 6.07) is 16.6. The molecule has 3 rings (SSSR count). The quantitative estimate of drug-likeness (QED) is 0.742. The number of aryl methyl sites for hydroxylation is 1. The minimum atomic E-state index is -0.419. The fraction of sp³-hybridized carbons (Fsp3) is 0.176. The van der Waals surface area contributed by atoms with Gasteiger partial charge in [-0.3, -0.25) is 0 Å². The van der Waals surface area contributed by atoms with E-state index in [9.17, 15) is 5.11 Å². The molecule has 96 valence electrons. The molecule has 0 amide bonds. The van der Waals surface area contributed by atoms with E-state index in [0.717, 1.165) is 5.56 Å². The molecule has 0 aliphatic carbocycles. The number of hydrogen-bond donors (Lipinski definition) is 1. The van der Waals surface area contributed by atoms with Crippen molar-refractivity contribution in [2.45, 2.75) is 19.4 Å². The molecule has 1 nitrogen and oxygen atoms in total. The van der Waals surface area contributed by atoms with E-state index in [0.29, 0.717) is 6.42 Å². The van der Waals surface area contributed by atoms with Crippen molar-refractivity contribution in [2.24, 2.45) is 0 Å². The van der Waals surface area contributed by atoms with Crippen LogP contribution < -0.4 is 0 Å². The summed E-state index contributed by atoms with van der Waals surface area (Å²) in [5.41, 5.74) is 2.26. The van der Waals surface area contributed by atoms with Crippen LogP contribution in [-0.2, 0) is 6.42 Å². The number of hydrogen-bond acceptors (Lipinski definition) is 2. The summed E-state index contributed by atoms with van der Waals surface area (Å²) >= 11 is 1.69. The lowest BCUT2D eigenvalue weighted by Crippen LogP contribution is -2.02. The Morgan fingerprint density at radius 2 is 1.84 bits per heavy atom. The molecule has 0 fully saturated rings. The van der Waals surface area contributed by atoms with Crippen LogP contribution in [0.2, 0.25) is 0 Å². The van der Waals surface area contributed by atoms with Gasteiger partial charge in [-0.1, -0.05) is 42.5 Å². The lowest BCUT2D eigenvalue weighted by molar-refractivity contribution is 0.178. The van der Waals surface area contributed by atoms with E-state index in [1.165, 1.54) is 21.2 Å². The Balaban J connectivity index is 1.96. The highest BCUT2D eigenvalue weighted by Gasteiger charge is 2.13. The third kappa shape index (κ3) is 2.42. The number of aliphatic hydroxyl groups excluding tert-OH is 1. The van der Waals surface area contributed by atoms with Gasteiger partial charge < -0.3 is 5.11 Å². The Labute approximate surface area is 117 Å². The average Bonchev–Trinajstić information content (AvgIpc) is 2.85. The molecule has 1 N–H and O–H groups in total. The summed E-state index contributed by atoms with van der Waals surface area (Å²) in [4.78, 5) is 1.20. The van der Waals surface area contributed by atoms with E-state index in [4.69, 9.17) is 0 Å². The summed E-state index contributed by atoms with van der Waals surface area (Å²) in [7, 11) is 0. The van der Waals surface area contributed by atoms with Crippen molar-refractivity contribution in [3.8, 4) is 0 Å². The second-order valence-electron chi connectivity index (χ2n) is 4.79. The van der Waals surface area contributed by atoms with Gasteiger partial charge in [0.25, 0.3) is 0 Å². The Kier molecular flexibility index (Phi) is 3.36. The fourth-order valence-corrected chi connectivity index (χ4v) is 3.29. The van der Waals surface area contributed by atoms with Crippen LogP contribution in [0.15, 0.2) is 53.9 Å². The molecule has 1 heterocycles. The maximum absolute atomic E-state index is 10.4. The maximum Gasteiger partial charge on any atom is 0.0841 e. The van der Waals surface area contributed by atoms with Gasteiger partial charge in [-0.15, -0.1) is 11.3 Å². The normalized spacial score (nSPS) is 12.7. The van der Waals surface area contributed by atoms with Gasteiger partial charge in [-0.2, -0.15) is 0 Å². The maximum atomic E-state index is 10.4. The largest absolute Gasteiger partial charge is 0.388 e. The van der Waals surface area contributed by atoms with E-state index in [1.807, 2.05) is 23.6 Å². The minimum Gasteiger partial charge on any atom is -0.388 e. The second-order valence-corrected chi connectivity index (χ2v) is 5.91. The molecule has 1 atom stereocenters. The average molecular weight is 268 g/mol. The minimum absolute atomic E-state index is 0.419. The van der Waals surface area contributed by atoms with Gasteiger partial charge in [0.15, 0.2) is 0 Å². The van der Waals surface area contributed by atoms with Crippen molar-refractivity contribution in [1.82, 2.24) is 0 Å². The molecule has 0 bridgehead atoms. The topological polar surface area (TPSA) is 20.2 Å². The van der Waals surface area contributed by atoms with E-state index in [1.54, 1.807) is 11.3 Å². The van der Waals surface area contributed by atoms with Crippen LogP contribution in [0, 0.1) is 6.92 Å². The van der Waals surface area contributed by atoms with E-state index in [2.05, 4.69) is 37.3 Å². The van der Waals surface area contributed by atoms with Gasteiger partial charge in [-0.05, 0) is 40.3 Å². The van der Waals surface area contributed by atoms with Crippen molar-refractivity contribution in [3.05, 3.63) is 69.9 Å². The highest BCUT2D eigenvalue weighted by molar-refractivity contribution is 7.10. The van der Waals surface area contributed by atoms with Crippen LogP contribution in [0.25, 0.3) is 10.8 Å². The van der Waals surface area contributed by atoms with Gasteiger partial charge in [0.05, 0.1) is 6.10 Å². The van der Waals surface area contributed by atoms with Gasteiger partial charge >= 0.3 is 0 Å². The van der Waals surface area contributed by atoms with Crippen LogP contribution in [-0.4, -0.2) is 5.11 Å². The molecule has 3 aromatic rings. The molecule has 1 aromatic heterocycles. The smallest absolute Gasteiger partial charge is 0.0841 e. The van der Waals surface area contributed by atoms with Crippen LogP contribution in [0.5, 0.6) is 0 Å². The van der Waals surface area contributed by atoms with Crippen LogP contribution >= 0.6 is 11.3 Å². The van der Waals surface area contributed by atoms with Crippen molar-refractivity contribution in [3.63, 3.8) is 0 Å². The van der Waals surface area contributed by atoms with Crippen LogP contribution in [0.1, 0.15) is 22.1 Å². The molecule has 0 saturated carbocycles. The monoisotopic (exact) mass is 268 g/mol. The molecule has 1 unspecified atom stereocenters. The van der Waals surface area contributed by atoms with Gasteiger partial charge in [0.1, 0.15) is 0 Å². The van der Waals surface area contributed by atoms with Gasteiger partial charge in [0.2, 0.25) is 0 Å². The Morgan fingerprint density at radius 3 is 2.63 bits per heavy atom. The molecule has 2 heteroatoms. The summed E-state index contributed by atoms with van der Waals surface area (Å²) in [5.74, 6) is 0. The summed E-state index contributed by atoms with van der Waals surface area (Å²) in [6.07, 6.45) is 0.246. The first-order valence-corrected chi connectivity index (χ1v) is 7.32. The van der Waals surface area contributed by atoms with Crippen molar-refractivity contribution in [2.75, 3.05) is 0 Å². The zero-order chi connectivity index (χ0) is 13.2. The molecular weight excluding hydrogens is 252 g/mol. The molecule has 2 aromatic carbocycles. The summed E-state index contributed by atoms with van der Waals surface area (Å²) in [6.45, 7) is 2.06. The zero-order valence-corrected chi connectivity index (χ0v) is 11.7. The Hall–Kier alpha value is -1.64. The third-order valence-corrected chi connectivity index (χ3v) is 4.41. The van der Waals surface area contributed by atoms with Crippen molar-refractivity contribution < 1.29 is 5.11 Å². The highest BCUT2D eigenvalue weighted by atomic mass is 32.1. The summed E-state index contributed by atoms with van der Waals surface area (Å²) < 4.78 is 0. The molecule has 0 saturated heterocycles. The molecule has 0 aliphatic rings. The van der Waals surface area contributed by atoms with Gasteiger partial charge in [-0.25, -0.2) is 0 Å². The third-order valence-electron chi connectivity index (χ3n) is 3.55.